The molecule has 142 valence electrons. The average Bonchev–Trinajstić information content (AvgIpc) is 3.47. The second-order valence-corrected chi connectivity index (χ2v) is 8.09. The minimum atomic E-state index is 0.516. The first-order valence-corrected chi connectivity index (χ1v) is 10.9. The summed E-state index contributed by atoms with van der Waals surface area (Å²) in [6, 6.07) is 8.32. The van der Waals surface area contributed by atoms with E-state index >= 15 is 0 Å². The molecule has 0 spiro atoms. The topological polar surface area (TPSA) is 56.9 Å². The highest BCUT2D eigenvalue weighted by molar-refractivity contribution is 7.14. The Balaban J connectivity index is 1.39. The van der Waals surface area contributed by atoms with Gasteiger partial charge >= 0.3 is 0 Å². The van der Waals surface area contributed by atoms with Crippen molar-refractivity contribution in [3.05, 3.63) is 47.0 Å². The number of hydrogen-bond donors (Lipinski definition) is 1. The first-order valence-electron chi connectivity index (χ1n) is 9.13. The Morgan fingerprint density at radius 1 is 1.19 bits per heavy atom. The van der Waals surface area contributed by atoms with Gasteiger partial charge in [0, 0.05) is 32.7 Å². The Kier molecular flexibility index (Phi) is 5.74. The first kappa shape index (κ1) is 18.1. The molecule has 0 saturated carbocycles. The van der Waals surface area contributed by atoms with Crippen LogP contribution in [0.25, 0.3) is 10.8 Å². The molecular formula is C19H23N5OS2. The third kappa shape index (κ3) is 4.33. The molecule has 1 fully saturated rings. The van der Waals surface area contributed by atoms with E-state index in [0.29, 0.717) is 12.4 Å². The quantitative estimate of drug-likeness (QED) is 0.521. The standard InChI is InChI=1S/C19H23N5OS2/c1-2-20-19(24-9-7-23(8-10-24)17-6-4-12-27-17)21-13-15-14-25-18(22-15)16-5-3-11-26-16/h3-6,11-12,14H,2,7-10,13H2,1H3,(H,20,21). The number of thiophene rings is 2. The Hall–Kier alpha value is -2.32. The second-order valence-electron chi connectivity index (χ2n) is 6.22. The van der Waals surface area contributed by atoms with Crippen LogP contribution in [-0.4, -0.2) is 48.6 Å². The van der Waals surface area contributed by atoms with Gasteiger partial charge in [0.1, 0.15) is 12.0 Å². The van der Waals surface area contributed by atoms with Crippen LogP contribution in [0.1, 0.15) is 12.6 Å². The molecule has 0 atom stereocenters. The van der Waals surface area contributed by atoms with Gasteiger partial charge in [0.05, 0.1) is 16.4 Å². The summed E-state index contributed by atoms with van der Waals surface area (Å²) in [4.78, 5) is 15.2. The highest BCUT2D eigenvalue weighted by Crippen LogP contribution is 2.24. The van der Waals surface area contributed by atoms with Gasteiger partial charge in [-0.05, 0) is 35.9 Å². The zero-order valence-electron chi connectivity index (χ0n) is 15.3. The van der Waals surface area contributed by atoms with Gasteiger partial charge in [-0.3, -0.25) is 0 Å². The fourth-order valence-corrected chi connectivity index (χ4v) is 4.50. The van der Waals surface area contributed by atoms with E-state index in [0.717, 1.165) is 49.3 Å². The smallest absolute Gasteiger partial charge is 0.236 e. The highest BCUT2D eigenvalue weighted by atomic mass is 32.1. The van der Waals surface area contributed by atoms with Crippen molar-refractivity contribution >= 4 is 33.6 Å². The first-order chi connectivity index (χ1) is 13.3. The summed E-state index contributed by atoms with van der Waals surface area (Å²) in [7, 11) is 0. The minimum Gasteiger partial charge on any atom is -0.443 e. The molecule has 0 amide bonds. The van der Waals surface area contributed by atoms with Gasteiger partial charge in [-0.25, -0.2) is 9.98 Å². The van der Waals surface area contributed by atoms with Crippen molar-refractivity contribution in [2.24, 2.45) is 4.99 Å². The van der Waals surface area contributed by atoms with E-state index in [1.807, 2.05) is 17.5 Å². The summed E-state index contributed by atoms with van der Waals surface area (Å²) in [5.41, 5.74) is 0.853. The van der Waals surface area contributed by atoms with Crippen molar-refractivity contribution in [2.45, 2.75) is 13.5 Å². The molecule has 3 aromatic rings. The molecule has 27 heavy (non-hydrogen) atoms. The van der Waals surface area contributed by atoms with Crippen molar-refractivity contribution in [3.8, 4) is 10.8 Å². The number of guanidine groups is 1. The largest absolute Gasteiger partial charge is 0.443 e. The maximum absolute atomic E-state index is 5.59. The van der Waals surface area contributed by atoms with Crippen LogP contribution in [0.5, 0.6) is 0 Å². The number of piperazine rings is 1. The van der Waals surface area contributed by atoms with E-state index in [1.54, 1.807) is 28.9 Å². The van der Waals surface area contributed by atoms with Gasteiger partial charge < -0.3 is 19.5 Å². The summed E-state index contributed by atoms with van der Waals surface area (Å²) in [5.74, 6) is 1.62. The Morgan fingerprint density at radius 3 is 2.70 bits per heavy atom. The van der Waals surface area contributed by atoms with Gasteiger partial charge in [0.15, 0.2) is 5.96 Å². The van der Waals surface area contributed by atoms with Gasteiger partial charge in [-0.1, -0.05) is 6.07 Å². The lowest BCUT2D eigenvalue weighted by Crippen LogP contribution is -2.52. The van der Waals surface area contributed by atoms with Gasteiger partial charge in [0.25, 0.3) is 0 Å². The van der Waals surface area contributed by atoms with Crippen LogP contribution in [-0.2, 0) is 6.54 Å². The lowest BCUT2D eigenvalue weighted by atomic mass is 10.3. The summed E-state index contributed by atoms with van der Waals surface area (Å²) < 4.78 is 5.59. The molecule has 4 heterocycles. The Labute approximate surface area is 167 Å². The van der Waals surface area contributed by atoms with Gasteiger partial charge in [-0.2, -0.15) is 0 Å². The van der Waals surface area contributed by atoms with Crippen molar-refractivity contribution in [1.29, 1.82) is 0 Å². The third-order valence-electron chi connectivity index (χ3n) is 4.41. The zero-order valence-corrected chi connectivity index (χ0v) is 16.9. The number of aromatic nitrogens is 1. The van der Waals surface area contributed by atoms with Gasteiger partial charge in [0.2, 0.25) is 5.89 Å². The molecular weight excluding hydrogens is 378 g/mol. The second kappa shape index (κ2) is 8.58. The molecule has 0 unspecified atom stereocenters. The summed E-state index contributed by atoms with van der Waals surface area (Å²) in [6.07, 6.45) is 1.71. The molecule has 0 bridgehead atoms. The molecule has 8 heteroatoms. The Morgan fingerprint density at radius 2 is 2.00 bits per heavy atom. The summed E-state index contributed by atoms with van der Waals surface area (Å²) in [6.45, 7) is 7.41. The molecule has 0 aliphatic carbocycles. The van der Waals surface area contributed by atoms with E-state index < -0.39 is 0 Å². The minimum absolute atomic E-state index is 0.516. The number of nitrogens with one attached hydrogen (secondary N) is 1. The van der Waals surface area contributed by atoms with E-state index in [-0.39, 0.29) is 0 Å². The molecule has 1 N–H and O–H groups in total. The van der Waals surface area contributed by atoms with Crippen molar-refractivity contribution in [3.63, 3.8) is 0 Å². The van der Waals surface area contributed by atoms with Crippen molar-refractivity contribution in [2.75, 3.05) is 37.6 Å². The van der Waals surface area contributed by atoms with Gasteiger partial charge in [-0.15, -0.1) is 22.7 Å². The summed E-state index contributed by atoms with van der Waals surface area (Å²) in [5, 5.41) is 8.92. The molecule has 6 nitrogen and oxygen atoms in total. The van der Waals surface area contributed by atoms with E-state index in [2.05, 4.69) is 44.5 Å². The number of nitrogens with zero attached hydrogens (tertiary/aromatic N) is 4. The molecule has 4 rings (SSSR count). The van der Waals surface area contributed by atoms with Crippen LogP contribution < -0.4 is 10.2 Å². The maximum Gasteiger partial charge on any atom is 0.236 e. The van der Waals surface area contributed by atoms with Crippen LogP contribution in [0.15, 0.2) is 50.7 Å². The van der Waals surface area contributed by atoms with E-state index in [1.165, 1.54) is 5.00 Å². The van der Waals surface area contributed by atoms with E-state index in [9.17, 15) is 0 Å². The van der Waals surface area contributed by atoms with Crippen LogP contribution in [0.3, 0.4) is 0 Å². The van der Waals surface area contributed by atoms with Crippen LogP contribution in [0.2, 0.25) is 0 Å². The van der Waals surface area contributed by atoms with Crippen molar-refractivity contribution in [1.82, 2.24) is 15.2 Å². The number of hydrogen-bond acceptors (Lipinski definition) is 6. The lowest BCUT2D eigenvalue weighted by molar-refractivity contribution is 0.373. The fourth-order valence-electron chi connectivity index (χ4n) is 3.06. The molecule has 3 aromatic heterocycles. The van der Waals surface area contributed by atoms with E-state index in [4.69, 9.17) is 9.41 Å². The third-order valence-corrected chi connectivity index (χ3v) is 6.19. The average molecular weight is 402 g/mol. The maximum atomic E-state index is 5.59. The van der Waals surface area contributed by atoms with Crippen LogP contribution in [0.4, 0.5) is 5.00 Å². The fraction of sp³-hybridized carbons (Fsp3) is 0.368. The zero-order chi connectivity index (χ0) is 18.5. The highest BCUT2D eigenvalue weighted by Gasteiger charge is 2.20. The molecule has 1 aliphatic rings. The molecule has 0 radical (unpaired) electrons. The molecule has 1 aliphatic heterocycles. The lowest BCUT2D eigenvalue weighted by Gasteiger charge is -2.37. The number of aliphatic imine (C=N–C) groups is 1. The normalized spacial score (nSPS) is 15.4. The monoisotopic (exact) mass is 401 g/mol. The van der Waals surface area contributed by atoms with Crippen LogP contribution in [0, 0.1) is 0 Å². The molecule has 0 aromatic carbocycles. The SMILES string of the molecule is CCNC(=NCc1coc(-c2cccs2)n1)N1CCN(c2cccs2)CC1. The van der Waals surface area contributed by atoms with Crippen LogP contribution >= 0.6 is 22.7 Å². The molecule has 1 saturated heterocycles. The number of oxazole rings is 1. The number of anilines is 1. The predicted octanol–water partition coefficient (Wildman–Crippen LogP) is 3.75. The number of rotatable bonds is 5. The van der Waals surface area contributed by atoms with Crippen molar-refractivity contribution < 1.29 is 4.42 Å². The Bertz CT molecular complexity index is 849. The predicted molar refractivity (Wildman–Crippen MR) is 113 cm³/mol. The summed E-state index contributed by atoms with van der Waals surface area (Å²) >= 11 is 3.43.